The summed E-state index contributed by atoms with van der Waals surface area (Å²) in [4.78, 5) is 18.9. The summed E-state index contributed by atoms with van der Waals surface area (Å²) in [5.74, 6) is -0.536. The molecule has 1 aliphatic heterocycles. The second-order valence-corrected chi connectivity index (χ2v) is 8.50. The zero-order valence-corrected chi connectivity index (χ0v) is 18.9. The van der Waals surface area contributed by atoms with Crippen LogP contribution in [0, 0.1) is 0 Å². The number of carbonyl (C=O) groups is 1. The van der Waals surface area contributed by atoms with Crippen LogP contribution < -0.4 is 4.74 Å². The maximum atomic E-state index is 13.0. The average molecular weight is 499 g/mol. The van der Waals surface area contributed by atoms with E-state index in [0.717, 1.165) is 22.4 Å². The van der Waals surface area contributed by atoms with Crippen molar-refractivity contribution in [1.82, 2.24) is 19.7 Å². The molecule has 0 saturated carbocycles. The van der Waals surface area contributed by atoms with E-state index in [1.807, 2.05) is 30.5 Å². The molecule has 1 aliphatic rings. The number of ether oxygens (including phenoxy) is 1. The smallest absolute Gasteiger partial charge is 0.406 e. The summed E-state index contributed by atoms with van der Waals surface area (Å²) in [6.45, 7) is 1.09. The Morgan fingerprint density at radius 1 is 1.03 bits per heavy atom. The molecule has 0 spiro atoms. The Balaban J connectivity index is 1.31. The summed E-state index contributed by atoms with van der Waals surface area (Å²) in [5, 5.41) is 4.75. The molecule has 178 valence electrons. The van der Waals surface area contributed by atoms with Crippen molar-refractivity contribution in [3.8, 4) is 16.9 Å². The first kappa shape index (κ1) is 22.9. The Labute approximate surface area is 203 Å². The summed E-state index contributed by atoms with van der Waals surface area (Å²) >= 11 is 6.50. The Kier molecular flexibility index (Phi) is 5.94. The number of carbonyl (C=O) groups excluding carboxylic acids is 1. The highest BCUT2D eigenvalue weighted by atomic mass is 35.5. The van der Waals surface area contributed by atoms with Crippen molar-refractivity contribution in [2.45, 2.75) is 26.0 Å². The lowest BCUT2D eigenvalue weighted by Gasteiger charge is -2.16. The third-order valence-corrected chi connectivity index (χ3v) is 5.88. The molecule has 4 aromatic rings. The summed E-state index contributed by atoms with van der Waals surface area (Å²) in [5.41, 5.74) is 4.47. The monoisotopic (exact) mass is 498 g/mol. The van der Waals surface area contributed by atoms with E-state index in [4.69, 9.17) is 11.6 Å². The molecule has 2 aromatic carbocycles. The molecular weight excluding hydrogens is 481 g/mol. The van der Waals surface area contributed by atoms with Gasteiger partial charge < -0.3 is 9.64 Å². The molecule has 6 nitrogen and oxygen atoms in total. The fraction of sp³-hybridized carbons (Fsp3) is 0.160. The molecule has 5 rings (SSSR count). The topological polar surface area (TPSA) is 60.2 Å². The van der Waals surface area contributed by atoms with Crippen LogP contribution in [-0.4, -0.2) is 31.9 Å². The number of halogens is 4. The Bertz CT molecular complexity index is 1370. The number of benzene rings is 2. The molecule has 0 saturated heterocycles. The van der Waals surface area contributed by atoms with Crippen LogP contribution in [0.4, 0.5) is 13.2 Å². The number of aromatic nitrogens is 3. The van der Waals surface area contributed by atoms with E-state index in [2.05, 4.69) is 14.8 Å². The van der Waals surface area contributed by atoms with E-state index >= 15 is 0 Å². The van der Waals surface area contributed by atoms with Crippen molar-refractivity contribution in [2.75, 3.05) is 0 Å². The first-order chi connectivity index (χ1) is 16.7. The maximum absolute atomic E-state index is 13.0. The van der Waals surface area contributed by atoms with Gasteiger partial charge in [0, 0.05) is 31.0 Å². The van der Waals surface area contributed by atoms with Gasteiger partial charge in [0.25, 0.3) is 5.91 Å². The zero-order valence-electron chi connectivity index (χ0n) is 18.2. The Morgan fingerprint density at radius 3 is 2.54 bits per heavy atom. The van der Waals surface area contributed by atoms with Gasteiger partial charge >= 0.3 is 6.36 Å². The number of fused-ring (bicyclic) bond motifs is 1. The molecule has 10 heteroatoms. The number of hydrogen-bond acceptors (Lipinski definition) is 4. The summed E-state index contributed by atoms with van der Waals surface area (Å²) in [7, 11) is 0. The fourth-order valence-corrected chi connectivity index (χ4v) is 4.35. The van der Waals surface area contributed by atoms with Crippen LogP contribution in [0.15, 0.2) is 73.2 Å². The lowest BCUT2D eigenvalue weighted by atomic mass is 10.0. The van der Waals surface area contributed by atoms with Gasteiger partial charge in [-0.3, -0.25) is 14.5 Å². The highest BCUT2D eigenvalue weighted by molar-refractivity contribution is 6.34. The van der Waals surface area contributed by atoms with Crippen molar-refractivity contribution in [2.24, 2.45) is 0 Å². The Morgan fingerprint density at radius 2 is 1.83 bits per heavy atom. The molecule has 0 atom stereocenters. The van der Waals surface area contributed by atoms with Crippen molar-refractivity contribution >= 4 is 17.5 Å². The Hall–Kier alpha value is -3.85. The van der Waals surface area contributed by atoms with Crippen molar-refractivity contribution < 1.29 is 22.7 Å². The molecule has 35 heavy (non-hydrogen) atoms. The molecule has 0 N–H and O–H groups in total. The highest BCUT2D eigenvalue weighted by Crippen LogP contribution is 2.35. The highest BCUT2D eigenvalue weighted by Gasteiger charge is 2.32. The molecule has 3 heterocycles. The van der Waals surface area contributed by atoms with Gasteiger partial charge in [-0.05, 0) is 53.1 Å². The van der Waals surface area contributed by atoms with Crippen LogP contribution in [0.1, 0.15) is 27.2 Å². The average Bonchev–Trinajstić information content (AvgIpc) is 3.39. The summed E-state index contributed by atoms with van der Waals surface area (Å²) in [6.07, 6.45) is 0.608. The van der Waals surface area contributed by atoms with E-state index in [0.29, 0.717) is 29.2 Å². The number of hydrogen-bond donors (Lipinski definition) is 0. The lowest BCUT2D eigenvalue weighted by molar-refractivity contribution is -0.274. The van der Waals surface area contributed by atoms with E-state index in [1.54, 1.807) is 28.0 Å². The third kappa shape index (κ3) is 5.14. The maximum Gasteiger partial charge on any atom is 0.573 e. The standard InChI is InChI=1S/C25H18ClF3N4O2/c26-22-10-17(19-11-31-33(14-19)15-20-3-1-2-8-30-20)9-18-13-32(24(34)23(18)22)12-16-4-6-21(7-5-16)35-25(27,28)29/h1-11,14H,12-13,15H2. The van der Waals surface area contributed by atoms with Crippen LogP contribution in [0.25, 0.3) is 11.1 Å². The molecule has 1 amide bonds. The first-order valence-electron chi connectivity index (χ1n) is 10.6. The van der Waals surface area contributed by atoms with E-state index < -0.39 is 6.36 Å². The third-order valence-electron chi connectivity index (χ3n) is 5.58. The van der Waals surface area contributed by atoms with Gasteiger partial charge in [-0.25, -0.2) is 0 Å². The quantitative estimate of drug-likeness (QED) is 0.342. The molecule has 0 radical (unpaired) electrons. The SMILES string of the molecule is O=C1c2c(Cl)cc(-c3cnn(Cc4ccccn4)c3)cc2CN1Cc1ccc(OC(F)(F)F)cc1. The minimum absolute atomic E-state index is 0.224. The zero-order chi connectivity index (χ0) is 24.6. The molecular formula is C25H18ClF3N4O2. The largest absolute Gasteiger partial charge is 0.573 e. The van der Waals surface area contributed by atoms with E-state index in [9.17, 15) is 18.0 Å². The van der Waals surface area contributed by atoms with Crippen molar-refractivity contribution in [1.29, 1.82) is 0 Å². The predicted molar refractivity (Wildman–Crippen MR) is 123 cm³/mol. The number of nitrogens with zero attached hydrogens (tertiary/aromatic N) is 4. The van der Waals surface area contributed by atoms with Crippen LogP contribution >= 0.6 is 11.6 Å². The molecule has 0 bridgehead atoms. The van der Waals surface area contributed by atoms with Crippen LogP contribution in [0.3, 0.4) is 0 Å². The number of amides is 1. The fourth-order valence-electron chi connectivity index (χ4n) is 4.03. The summed E-state index contributed by atoms with van der Waals surface area (Å²) in [6, 6.07) is 14.8. The number of pyridine rings is 1. The van der Waals surface area contributed by atoms with E-state index in [-0.39, 0.29) is 18.2 Å². The molecule has 2 aromatic heterocycles. The second-order valence-electron chi connectivity index (χ2n) is 8.09. The van der Waals surface area contributed by atoms with E-state index in [1.165, 1.54) is 24.3 Å². The number of alkyl halides is 3. The lowest BCUT2D eigenvalue weighted by Crippen LogP contribution is -2.23. The van der Waals surface area contributed by atoms with Gasteiger partial charge in [-0.15, -0.1) is 13.2 Å². The van der Waals surface area contributed by atoms with Crippen LogP contribution in [0.5, 0.6) is 5.75 Å². The molecule has 0 aliphatic carbocycles. The number of rotatable bonds is 6. The predicted octanol–water partition coefficient (Wildman–Crippen LogP) is 5.70. The minimum atomic E-state index is -4.75. The van der Waals surface area contributed by atoms with Crippen molar-refractivity contribution in [3.05, 3.63) is 101 Å². The van der Waals surface area contributed by atoms with Gasteiger partial charge in [0.1, 0.15) is 5.75 Å². The minimum Gasteiger partial charge on any atom is -0.406 e. The van der Waals surface area contributed by atoms with Crippen molar-refractivity contribution in [3.63, 3.8) is 0 Å². The van der Waals surface area contributed by atoms with Gasteiger partial charge in [-0.1, -0.05) is 29.8 Å². The van der Waals surface area contributed by atoms with Crippen LogP contribution in [-0.2, 0) is 19.6 Å². The van der Waals surface area contributed by atoms with Gasteiger partial charge in [0.15, 0.2) is 0 Å². The van der Waals surface area contributed by atoms with Crippen LogP contribution in [0.2, 0.25) is 5.02 Å². The second kappa shape index (κ2) is 9.07. The normalized spacial score (nSPS) is 13.3. The van der Waals surface area contributed by atoms with Gasteiger partial charge in [0.2, 0.25) is 0 Å². The van der Waals surface area contributed by atoms with Gasteiger partial charge in [-0.2, -0.15) is 5.10 Å². The summed E-state index contributed by atoms with van der Waals surface area (Å²) < 4.78 is 42.8. The molecule has 0 unspecified atom stereocenters. The molecule has 0 fully saturated rings. The van der Waals surface area contributed by atoms with Gasteiger partial charge in [0.05, 0.1) is 29.0 Å². The first-order valence-corrected chi connectivity index (χ1v) is 11.0.